The molecule has 4 rings (SSSR count). The summed E-state index contributed by atoms with van der Waals surface area (Å²) in [6, 6.07) is 16.6. The van der Waals surface area contributed by atoms with E-state index in [4.69, 9.17) is 21.2 Å². The van der Waals surface area contributed by atoms with Gasteiger partial charge in [-0.2, -0.15) is 0 Å². The summed E-state index contributed by atoms with van der Waals surface area (Å²) in [6.45, 7) is 0. The van der Waals surface area contributed by atoms with E-state index in [9.17, 15) is 9.59 Å². The molecule has 0 saturated heterocycles. The molecule has 0 bridgehead atoms. The maximum atomic E-state index is 12.6. The molecule has 1 aliphatic rings. The first-order valence-electron chi connectivity index (χ1n) is 8.45. The molecule has 0 radical (unpaired) electrons. The number of amides is 1. The number of rotatable bonds is 4. The molecular weight excluding hydrogens is 380 g/mol. The number of hydrogen-bond donors (Lipinski definition) is 2. The number of aromatic amines is 1. The van der Waals surface area contributed by atoms with Crippen molar-refractivity contribution in [2.24, 2.45) is 0 Å². The highest BCUT2D eigenvalue weighted by Gasteiger charge is 2.38. The van der Waals surface area contributed by atoms with Crippen LogP contribution in [0.1, 0.15) is 17.4 Å². The number of hydroxylamine groups is 1. The quantitative estimate of drug-likeness (QED) is 0.522. The third kappa shape index (κ3) is 3.10. The molecule has 0 fully saturated rings. The van der Waals surface area contributed by atoms with Crippen LogP contribution in [0.3, 0.4) is 0 Å². The van der Waals surface area contributed by atoms with Crippen molar-refractivity contribution >= 4 is 39.9 Å². The number of H-pyrrole nitrogens is 1. The highest BCUT2D eigenvalue weighted by atomic mass is 35.5. The van der Waals surface area contributed by atoms with Gasteiger partial charge in [0.25, 0.3) is 5.91 Å². The van der Waals surface area contributed by atoms with Crippen LogP contribution in [-0.2, 0) is 19.2 Å². The zero-order valence-electron chi connectivity index (χ0n) is 14.8. The third-order valence-corrected chi connectivity index (χ3v) is 4.75. The van der Waals surface area contributed by atoms with Crippen LogP contribution in [0.25, 0.3) is 16.5 Å². The Balaban J connectivity index is 1.95. The number of para-hydroxylation sites is 1. The predicted molar refractivity (Wildman–Crippen MR) is 105 cm³/mol. The Bertz CT molecular complexity index is 1110. The standard InChI is InChI=1S/C21H15ClN2O4/c1-27-24-21(26)19-17(11-25)28-20(12-6-8-14(22)9-7-12)18(19)16-10-13-4-2-3-5-15(13)23-16/h2-10,20,23H,1H3,(H,24,26). The van der Waals surface area contributed by atoms with Gasteiger partial charge in [0, 0.05) is 21.8 Å². The molecule has 2 N–H and O–H groups in total. The van der Waals surface area contributed by atoms with Gasteiger partial charge in [-0.05, 0) is 35.2 Å². The fourth-order valence-electron chi connectivity index (χ4n) is 3.30. The number of nitrogens with one attached hydrogen (secondary N) is 2. The van der Waals surface area contributed by atoms with Gasteiger partial charge in [-0.3, -0.25) is 9.63 Å². The maximum Gasteiger partial charge on any atom is 0.279 e. The first-order chi connectivity index (χ1) is 13.6. The Morgan fingerprint density at radius 1 is 1.21 bits per heavy atom. The number of ether oxygens (including phenoxy) is 1. The van der Waals surface area contributed by atoms with E-state index in [2.05, 4.69) is 10.5 Å². The van der Waals surface area contributed by atoms with E-state index in [1.807, 2.05) is 30.3 Å². The van der Waals surface area contributed by atoms with Crippen LogP contribution in [-0.4, -0.2) is 23.9 Å². The minimum absolute atomic E-state index is 0.0726. The number of benzene rings is 2. The minimum Gasteiger partial charge on any atom is -0.469 e. The summed E-state index contributed by atoms with van der Waals surface area (Å²) in [7, 11) is 1.32. The monoisotopic (exact) mass is 394 g/mol. The minimum atomic E-state index is -0.681. The van der Waals surface area contributed by atoms with Crippen molar-refractivity contribution < 1.29 is 19.2 Å². The van der Waals surface area contributed by atoms with Gasteiger partial charge in [0.15, 0.2) is 12.0 Å². The first-order valence-corrected chi connectivity index (χ1v) is 8.83. The van der Waals surface area contributed by atoms with E-state index < -0.39 is 12.0 Å². The van der Waals surface area contributed by atoms with E-state index in [-0.39, 0.29) is 11.3 Å². The SMILES string of the molecule is CONC(=O)C1=C(c2cc3ccccc3[nH]2)C(c2ccc(Cl)cc2)OC1=C=O. The smallest absolute Gasteiger partial charge is 0.279 e. The molecule has 28 heavy (non-hydrogen) atoms. The molecule has 2 aromatic carbocycles. The second-order valence-corrected chi connectivity index (χ2v) is 6.61. The lowest BCUT2D eigenvalue weighted by Crippen LogP contribution is -2.24. The van der Waals surface area contributed by atoms with Crippen LogP contribution in [0.2, 0.25) is 5.02 Å². The predicted octanol–water partition coefficient (Wildman–Crippen LogP) is 3.74. The average molecular weight is 395 g/mol. The molecule has 6 nitrogen and oxygen atoms in total. The number of carbonyl (C=O) groups is 1. The molecule has 0 saturated carbocycles. The molecular formula is C21H15ClN2O4. The Morgan fingerprint density at radius 3 is 2.64 bits per heavy atom. The molecule has 1 unspecified atom stereocenters. The largest absolute Gasteiger partial charge is 0.469 e. The lowest BCUT2D eigenvalue weighted by Gasteiger charge is -2.14. The van der Waals surface area contributed by atoms with Crippen molar-refractivity contribution in [3.05, 3.63) is 82.2 Å². The Hall–Kier alpha value is -3.31. The molecule has 3 aromatic rings. The summed E-state index contributed by atoms with van der Waals surface area (Å²) in [4.78, 5) is 32.2. The summed E-state index contributed by atoms with van der Waals surface area (Å²) in [6.07, 6.45) is -0.681. The van der Waals surface area contributed by atoms with E-state index in [0.717, 1.165) is 16.5 Å². The third-order valence-electron chi connectivity index (χ3n) is 4.50. The van der Waals surface area contributed by atoms with Gasteiger partial charge in [-0.25, -0.2) is 10.3 Å². The van der Waals surface area contributed by atoms with Gasteiger partial charge >= 0.3 is 0 Å². The molecule has 1 atom stereocenters. The summed E-state index contributed by atoms with van der Waals surface area (Å²) >= 11 is 5.99. The highest BCUT2D eigenvalue weighted by Crippen LogP contribution is 2.45. The molecule has 0 aliphatic carbocycles. The van der Waals surface area contributed by atoms with Crippen molar-refractivity contribution in [1.82, 2.24) is 10.5 Å². The highest BCUT2D eigenvalue weighted by molar-refractivity contribution is 6.30. The van der Waals surface area contributed by atoms with E-state index in [1.165, 1.54) is 7.11 Å². The lowest BCUT2D eigenvalue weighted by molar-refractivity contribution is -0.127. The van der Waals surface area contributed by atoms with E-state index in [1.54, 1.807) is 30.2 Å². The number of carbonyl (C=O) groups excluding carboxylic acids is 2. The second-order valence-electron chi connectivity index (χ2n) is 6.17. The number of hydrogen-bond acceptors (Lipinski definition) is 4. The first kappa shape index (κ1) is 18.1. The zero-order valence-corrected chi connectivity index (χ0v) is 15.5. The lowest BCUT2D eigenvalue weighted by atomic mass is 9.95. The van der Waals surface area contributed by atoms with Crippen LogP contribution in [0.15, 0.2) is 65.9 Å². The van der Waals surface area contributed by atoms with Crippen molar-refractivity contribution in [1.29, 1.82) is 0 Å². The molecule has 1 amide bonds. The fraction of sp³-hybridized carbons (Fsp3) is 0.0952. The number of fused-ring (bicyclic) bond motifs is 1. The molecule has 2 heterocycles. The summed E-state index contributed by atoms with van der Waals surface area (Å²) in [5.41, 5.74) is 5.15. The van der Waals surface area contributed by atoms with Crippen molar-refractivity contribution in [3.8, 4) is 0 Å². The Labute approximate surface area is 165 Å². The van der Waals surface area contributed by atoms with Gasteiger partial charge in [-0.1, -0.05) is 41.9 Å². The van der Waals surface area contributed by atoms with E-state index in [0.29, 0.717) is 16.3 Å². The summed E-state index contributed by atoms with van der Waals surface area (Å²) < 4.78 is 5.82. The van der Waals surface area contributed by atoms with Gasteiger partial charge < -0.3 is 9.72 Å². The van der Waals surface area contributed by atoms with Gasteiger partial charge in [-0.15, -0.1) is 0 Å². The number of aromatic nitrogens is 1. The maximum absolute atomic E-state index is 12.6. The Kier molecular flexibility index (Phi) is 4.75. The van der Waals surface area contributed by atoms with Crippen molar-refractivity contribution in [2.75, 3.05) is 7.11 Å². The van der Waals surface area contributed by atoms with Gasteiger partial charge in [0.2, 0.25) is 5.76 Å². The van der Waals surface area contributed by atoms with Crippen LogP contribution < -0.4 is 5.48 Å². The summed E-state index contributed by atoms with van der Waals surface area (Å²) in [5.74, 6) is 0.959. The molecule has 0 spiro atoms. The molecule has 140 valence electrons. The van der Waals surface area contributed by atoms with Gasteiger partial charge in [0.1, 0.15) is 5.57 Å². The normalized spacial score (nSPS) is 16.2. The second kappa shape index (κ2) is 7.37. The zero-order chi connectivity index (χ0) is 19.7. The number of halogens is 1. The van der Waals surface area contributed by atoms with Crippen molar-refractivity contribution in [2.45, 2.75) is 6.10 Å². The van der Waals surface area contributed by atoms with Crippen LogP contribution >= 0.6 is 11.6 Å². The Morgan fingerprint density at radius 2 is 1.96 bits per heavy atom. The van der Waals surface area contributed by atoms with E-state index >= 15 is 0 Å². The van der Waals surface area contributed by atoms with Crippen LogP contribution in [0.4, 0.5) is 0 Å². The average Bonchev–Trinajstić information content (AvgIpc) is 3.29. The van der Waals surface area contributed by atoms with Gasteiger partial charge in [0.05, 0.1) is 7.11 Å². The molecule has 1 aliphatic heterocycles. The topological polar surface area (TPSA) is 80.4 Å². The molecule has 1 aromatic heterocycles. The van der Waals surface area contributed by atoms with Crippen molar-refractivity contribution in [3.63, 3.8) is 0 Å². The van der Waals surface area contributed by atoms with Crippen LogP contribution in [0, 0.1) is 0 Å². The van der Waals surface area contributed by atoms with Crippen LogP contribution in [0.5, 0.6) is 0 Å². The summed E-state index contributed by atoms with van der Waals surface area (Å²) in [5, 5.41) is 1.54. The fourth-order valence-corrected chi connectivity index (χ4v) is 3.43. The molecule has 7 heteroatoms.